The van der Waals surface area contributed by atoms with Gasteiger partial charge < -0.3 is 133 Å². The van der Waals surface area contributed by atoms with Crippen LogP contribution in [0.3, 0.4) is 0 Å². The van der Waals surface area contributed by atoms with Gasteiger partial charge >= 0.3 is 5.97 Å². The number of rotatable bonds is 15. The molecule has 28 heteroatoms. The van der Waals surface area contributed by atoms with E-state index in [1.54, 1.807) is 0 Å². The SMILES string of the molecule is CO[C@@H]1[C@@H](O)[C@H](O[C@@H]2[C@@H](O)[C@H](O[C@H]3[C@H](O)[C@@H](O)[C@H](O[C@H]4[C@H](O[C@H]5CC[C@]6(C)C7=C[C@H](O)C89C(=O)O[C@@](C)(C%10CCC(C)(C)O%10)[C@H]8CC[C@@]9(C)C7CCC6C5(C)C)OC[C@@H](O[C@@H]5O[C@H](CO)[C@@H](O)[C@H](O)[C@H]5O)[C@@H]4O)O[C@@H]3C)O[C@H](CO)[C@H]2O)O[C@H](CO)[C@H]1O. The van der Waals surface area contributed by atoms with Crippen LogP contribution in [0.1, 0.15) is 107 Å². The van der Waals surface area contributed by atoms with Crippen molar-refractivity contribution < 1.29 is 138 Å². The second-order valence-corrected chi connectivity index (χ2v) is 28.7. The van der Waals surface area contributed by atoms with Gasteiger partial charge in [0.25, 0.3) is 0 Å². The van der Waals surface area contributed by atoms with E-state index in [0.29, 0.717) is 19.3 Å². The van der Waals surface area contributed by atoms with Gasteiger partial charge in [0.1, 0.15) is 121 Å². The molecule has 0 aromatic carbocycles. The summed E-state index contributed by atoms with van der Waals surface area (Å²) >= 11 is 0. The summed E-state index contributed by atoms with van der Waals surface area (Å²) in [7, 11) is 1.19. The van der Waals surface area contributed by atoms with Gasteiger partial charge in [0.2, 0.25) is 0 Å². The maximum Gasteiger partial charge on any atom is 0.316 e. The number of esters is 1. The molecule has 28 nitrogen and oxygen atoms in total. The first kappa shape index (κ1) is 67.6. The Kier molecular flexibility index (Phi) is 19.0. The highest BCUT2D eigenvalue weighted by Crippen LogP contribution is 2.76. The molecule has 34 atom stereocenters. The molecule has 11 rings (SSSR count). The van der Waals surface area contributed by atoms with Crippen LogP contribution in [0.2, 0.25) is 0 Å². The van der Waals surface area contributed by atoms with Gasteiger partial charge in [-0.15, -0.1) is 0 Å². The maximum absolute atomic E-state index is 14.7. The first-order valence-electron chi connectivity index (χ1n) is 31.4. The van der Waals surface area contributed by atoms with Crippen LogP contribution in [0.15, 0.2) is 11.6 Å². The number of aliphatic hydroxyl groups excluding tert-OH is 14. The Hall–Kier alpha value is -1.83. The largest absolute Gasteiger partial charge is 0.456 e. The lowest BCUT2D eigenvalue weighted by Gasteiger charge is -2.64. The van der Waals surface area contributed by atoms with Crippen molar-refractivity contribution in [1.82, 2.24) is 0 Å². The molecule has 7 aliphatic heterocycles. The van der Waals surface area contributed by atoms with Gasteiger partial charge in [-0.1, -0.05) is 39.3 Å². The molecule has 4 aliphatic carbocycles. The molecule has 14 N–H and O–H groups in total. The third-order valence-electron chi connectivity index (χ3n) is 23.1. The fraction of sp³-hybridized carbons (Fsp3) is 0.950. The summed E-state index contributed by atoms with van der Waals surface area (Å²) < 4.78 is 79.1. The summed E-state index contributed by atoms with van der Waals surface area (Å²) in [6, 6.07) is 0. The van der Waals surface area contributed by atoms with Gasteiger partial charge in [-0.3, -0.25) is 4.79 Å². The normalized spacial score (nSPS) is 55.0. The predicted octanol–water partition coefficient (Wildman–Crippen LogP) is -3.38. The van der Waals surface area contributed by atoms with Gasteiger partial charge in [0, 0.05) is 13.0 Å². The monoisotopic (exact) mass is 1260 g/mol. The van der Waals surface area contributed by atoms with Crippen molar-refractivity contribution in [3.63, 3.8) is 0 Å². The van der Waals surface area contributed by atoms with Crippen LogP contribution < -0.4 is 0 Å². The number of methoxy groups -OCH3 is 1. The molecule has 4 unspecified atom stereocenters. The molecule has 10 fully saturated rings. The molecule has 7 saturated heterocycles. The number of hydrogen-bond donors (Lipinski definition) is 14. The first-order chi connectivity index (χ1) is 41.4. The summed E-state index contributed by atoms with van der Waals surface area (Å²) in [5, 5.41) is 155. The molecule has 11 aliphatic rings. The number of fused-ring (bicyclic) bond motifs is 4. The van der Waals surface area contributed by atoms with Crippen LogP contribution in [0.5, 0.6) is 0 Å². The molecule has 7 heterocycles. The van der Waals surface area contributed by atoms with E-state index in [0.717, 1.165) is 37.7 Å². The Morgan fingerprint density at radius 1 is 0.534 bits per heavy atom. The van der Waals surface area contributed by atoms with Crippen LogP contribution in [-0.2, 0) is 66.4 Å². The Bertz CT molecular complexity index is 2490. The van der Waals surface area contributed by atoms with E-state index in [1.165, 1.54) is 14.0 Å². The number of cyclic esters (lactones) is 1. The minimum absolute atomic E-state index is 0.0402. The van der Waals surface area contributed by atoms with Crippen LogP contribution in [-0.4, -0.2) is 288 Å². The second-order valence-electron chi connectivity index (χ2n) is 28.7. The van der Waals surface area contributed by atoms with Gasteiger partial charge in [0.05, 0.1) is 56.4 Å². The molecule has 0 aromatic heterocycles. The molecule has 3 saturated carbocycles. The highest BCUT2D eigenvalue weighted by molar-refractivity contribution is 5.84. The van der Waals surface area contributed by atoms with E-state index in [1.807, 2.05) is 13.0 Å². The number of carbonyl (C=O) groups is 1. The van der Waals surface area contributed by atoms with Crippen LogP contribution in [0.25, 0.3) is 0 Å². The van der Waals surface area contributed by atoms with Crippen molar-refractivity contribution in [2.45, 2.75) is 284 Å². The molecule has 0 bridgehead atoms. The Morgan fingerprint density at radius 2 is 1.10 bits per heavy atom. The first-order valence-corrected chi connectivity index (χ1v) is 31.4. The lowest BCUT2D eigenvalue weighted by Crippen LogP contribution is -2.67. The summed E-state index contributed by atoms with van der Waals surface area (Å²) in [5.41, 5.74) is -3.07. The summed E-state index contributed by atoms with van der Waals surface area (Å²) in [6.45, 7) is 13.3. The third kappa shape index (κ3) is 10.7. The maximum atomic E-state index is 14.7. The average Bonchev–Trinajstić information content (AvgIpc) is 1.46. The summed E-state index contributed by atoms with van der Waals surface area (Å²) in [4.78, 5) is 14.7. The van der Waals surface area contributed by atoms with Gasteiger partial charge in [0.15, 0.2) is 31.5 Å². The molecule has 0 amide bonds. The standard InChI is InChI=1S/C60H96O28/c1-23-45(84-52-44(74)47(37(67)28(21-63)81-52)85-51-43(73)46(76-9)36(66)27(20-62)80-51)40(70)42(72)49(78-23)86-48-38(68)29(82-50-41(71)39(69)35(65)26(19-61)79-50)22-77-53(48)83-33-14-16-57(6)25-18-32(64)60-31(59(8,88-54(60)75)34-13-15-55(2,3)87-34)12-17-58(60,7)24(25)10-11-30(57)56(33,4)5/h18,23-24,26-53,61-74H,10-17,19-22H2,1-9H3/t23-,24?,26-,27-,28-,29-,30?,31-,32+,33+,34?,35-,36-,37-,38+,39+,40-,41-,42-,43-,44-,45-,46+,47+,48-,49+,50+,51+,52+,53+,57-,58+,59-,60?/m1/s1. The molecule has 0 radical (unpaired) electrons. The van der Waals surface area contributed by atoms with Gasteiger partial charge in [-0.05, 0) is 107 Å². The summed E-state index contributed by atoms with van der Waals surface area (Å²) in [6.07, 6.45) is -34.5. The Labute approximate surface area is 510 Å². The van der Waals surface area contributed by atoms with Crippen LogP contribution >= 0.6 is 0 Å². The highest BCUT2D eigenvalue weighted by atomic mass is 16.8. The molecular formula is C60H96O28. The van der Waals surface area contributed by atoms with Crippen molar-refractivity contribution in [2.75, 3.05) is 33.5 Å². The van der Waals surface area contributed by atoms with Gasteiger partial charge in [-0.2, -0.15) is 0 Å². The van der Waals surface area contributed by atoms with E-state index >= 15 is 0 Å². The molecule has 504 valence electrons. The number of ether oxygens (including phenoxy) is 13. The van der Waals surface area contributed by atoms with E-state index < -0.39 is 213 Å². The zero-order valence-electron chi connectivity index (χ0n) is 51.4. The number of hydrogen-bond acceptors (Lipinski definition) is 28. The number of carbonyl (C=O) groups excluding carboxylic acids is 1. The summed E-state index contributed by atoms with van der Waals surface area (Å²) in [5.74, 6) is -0.721. The molecule has 88 heavy (non-hydrogen) atoms. The van der Waals surface area contributed by atoms with Gasteiger partial charge in [-0.25, -0.2) is 0 Å². The molecule has 0 aromatic rings. The topological polar surface area (TPSA) is 420 Å². The minimum Gasteiger partial charge on any atom is -0.456 e. The van der Waals surface area contributed by atoms with Crippen molar-refractivity contribution in [1.29, 1.82) is 0 Å². The highest BCUT2D eigenvalue weighted by Gasteiger charge is 2.80. The lowest BCUT2D eigenvalue weighted by molar-refractivity contribution is -0.394. The Balaban J connectivity index is 0.818. The quantitative estimate of drug-likeness (QED) is 0.0432. The van der Waals surface area contributed by atoms with E-state index in [-0.39, 0.29) is 35.4 Å². The fourth-order valence-corrected chi connectivity index (χ4v) is 18.2. The lowest BCUT2D eigenvalue weighted by atomic mass is 9.40. The van der Waals surface area contributed by atoms with Crippen molar-refractivity contribution in [3.8, 4) is 0 Å². The Morgan fingerprint density at radius 3 is 1.72 bits per heavy atom. The zero-order valence-corrected chi connectivity index (χ0v) is 51.4. The third-order valence-corrected chi connectivity index (χ3v) is 23.1. The second kappa shape index (κ2) is 24.7. The van der Waals surface area contributed by atoms with Crippen LogP contribution in [0.4, 0.5) is 0 Å². The van der Waals surface area contributed by atoms with E-state index in [2.05, 4.69) is 41.5 Å². The zero-order chi connectivity index (χ0) is 63.9. The van der Waals surface area contributed by atoms with E-state index in [4.69, 9.17) is 61.6 Å². The van der Waals surface area contributed by atoms with Crippen molar-refractivity contribution >= 4 is 5.97 Å². The van der Waals surface area contributed by atoms with Crippen molar-refractivity contribution in [2.24, 2.45) is 39.4 Å². The predicted molar refractivity (Wildman–Crippen MR) is 294 cm³/mol. The van der Waals surface area contributed by atoms with E-state index in [9.17, 15) is 76.3 Å². The van der Waals surface area contributed by atoms with Crippen LogP contribution in [0, 0.1) is 39.4 Å². The fourth-order valence-electron chi connectivity index (χ4n) is 18.2. The average molecular weight is 1270 g/mol. The minimum atomic E-state index is -2.02. The number of allylic oxidation sites excluding steroid dienone is 1. The van der Waals surface area contributed by atoms with Crippen molar-refractivity contribution in [3.05, 3.63) is 11.6 Å². The number of aliphatic hydroxyl groups is 14. The molecule has 1 spiro atoms. The smallest absolute Gasteiger partial charge is 0.316 e. The molecular weight excluding hydrogens is 1170 g/mol.